The zero-order chi connectivity index (χ0) is 19.6. The molecule has 0 spiro atoms. The smallest absolute Gasteiger partial charge is 0.227 e. The Morgan fingerprint density at radius 1 is 1.15 bits per heavy atom. The van der Waals surface area contributed by atoms with E-state index in [0.29, 0.717) is 19.4 Å². The summed E-state index contributed by atoms with van der Waals surface area (Å²) in [6, 6.07) is 8.89. The molecule has 0 atom stereocenters. The van der Waals surface area contributed by atoms with Crippen LogP contribution >= 0.6 is 0 Å². The molecule has 0 saturated carbocycles. The summed E-state index contributed by atoms with van der Waals surface area (Å²) >= 11 is 0. The number of hydrogen-bond acceptors (Lipinski definition) is 3. The molecule has 5 nitrogen and oxygen atoms in total. The molecule has 0 radical (unpaired) electrons. The number of carbonyl (C=O) groups excluding carboxylic acids is 1. The van der Waals surface area contributed by atoms with E-state index in [4.69, 9.17) is 0 Å². The van der Waals surface area contributed by atoms with Crippen LogP contribution in [-0.4, -0.2) is 20.9 Å². The maximum absolute atomic E-state index is 13.7. The van der Waals surface area contributed by atoms with Gasteiger partial charge in [0.25, 0.3) is 0 Å². The fraction of sp³-hybridized carbons (Fsp3) is 0.316. The molecule has 1 N–H and O–H groups in total. The van der Waals surface area contributed by atoms with Crippen LogP contribution in [-0.2, 0) is 33.5 Å². The molecule has 8 heteroatoms. The van der Waals surface area contributed by atoms with E-state index in [9.17, 15) is 22.0 Å². The van der Waals surface area contributed by atoms with Crippen molar-refractivity contribution in [2.75, 3.05) is 11.4 Å². The minimum absolute atomic E-state index is 0.0343. The van der Waals surface area contributed by atoms with Crippen LogP contribution in [0.5, 0.6) is 0 Å². The third kappa shape index (κ3) is 4.33. The Balaban J connectivity index is 1.71. The van der Waals surface area contributed by atoms with Gasteiger partial charge in [-0.2, -0.15) is 0 Å². The molecule has 0 fully saturated rings. The zero-order valence-electron chi connectivity index (χ0n) is 14.8. The minimum Gasteiger partial charge on any atom is -0.312 e. The van der Waals surface area contributed by atoms with Crippen LogP contribution in [0.4, 0.5) is 14.5 Å². The van der Waals surface area contributed by atoms with Crippen molar-refractivity contribution in [1.82, 2.24) is 4.72 Å². The quantitative estimate of drug-likeness (QED) is 0.819. The summed E-state index contributed by atoms with van der Waals surface area (Å²) in [6.45, 7) is 2.52. The van der Waals surface area contributed by atoms with E-state index in [0.717, 1.165) is 22.9 Å². The van der Waals surface area contributed by atoms with Crippen molar-refractivity contribution in [1.29, 1.82) is 0 Å². The van der Waals surface area contributed by atoms with Gasteiger partial charge in [0.1, 0.15) is 0 Å². The first kappa shape index (κ1) is 19.4. The number of carbonyl (C=O) groups is 1. The van der Waals surface area contributed by atoms with Gasteiger partial charge in [0.05, 0.1) is 5.75 Å². The lowest BCUT2D eigenvalue weighted by molar-refractivity contribution is -0.118. The zero-order valence-corrected chi connectivity index (χ0v) is 15.7. The summed E-state index contributed by atoms with van der Waals surface area (Å²) in [7, 11) is -3.84. The van der Waals surface area contributed by atoms with Gasteiger partial charge in [0, 0.05) is 30.8 Å². The van der Waals surface area contributed by atoms with Crippen LogP contribution in [0.1, 0.15) is 30.0 Å². The van der Waals surface area contributed by atoms with Crippen molar-refractivity contribution < 1.29 is 22.0 Å². The van der Waals surface area contributed by atoms with E-state index in [1.807, 2.05) is 19.1 Å². The van der Waals surface area contributed by atoms with Gasteiger partial charge in [0.2, 0.25) is 15.9 Å². The Morgan fingerprint density at radius 2 is 1.93 bits per heavy atom. The van der Waals surface area contributed by atoms with Crippen LogP contribution in [0.3, 0.4) is 0 Å². The van der Waals surface area contributed by atoms with Crippen LogP contribution in [0.2, 0.25) is 0 Å². The molecule has 0 aliphatic carbocycles. The summed E-state index contributed by atoms with van der Waals surface area (Å²) in [5, 5.41) is 0. The molecule has 0 aromatic heterocycles. The minimum atomic E-state index is -3.84. The number of nitrogens with one attached hydrogen (secondary N) is 1. The van der Waals surface area contributed by atoms with Crippen LogP contribution in [0, 0.1) is 11.6 Å². The van der Waals surface area contributed by atoms with Gasteiger partial charge in [-0.3, -0.25) is 4.79 Å². The molecule has 1 aliphatic rings. The summed E-state index contributed by atoms with van der Waals surface area (Å²) < 4.78 is 53.8. The summed E-state index contributed by atoms with van der Waals surface area (Å²) in [5.41, 5.74) is 2.36. The van der Waals surface area contributed by atoms with Crippen LogP contribution < -0.4 is 9.62 Å². The predicted octanol–water partition coefficient (Wildman–Crippen LogP) is 2.88. The average Bonchev–Trinajstić information content (AvgIpc) is 2.64. The summed E-state index contributed by atoms with van der Waals surface area (Å²) in [4.78, 5) is 13.6. The van der Waals surface area contributed by atoms with E-state index in [-0.39, 0.29) is 18.0 Å². The van der Waals surface area contributed by atoms with E-state index in [2.05, 4.69) is 4.72 Å². The number of hydrogen-bond donors (Lipinski definition) is 1. The van der Waals surface area contributed by atoms with Crippen molar-refractivity contribution in [2.45, 2.75) is 32.1 Å². The largest absolute Gasteiger partial charge is 0.312 e. The number of halogens is 2. The van der Waals surface area contributed by atoms with Gasteiger partial charge in [-0.1, -0.05) is 24.3 Å². The Morgan fingerprint density at radius 3 is 2.67 bits per heavy atom. The lowest BCUT2D eigenvalue weighted by atomic mass is 9.99. The number of fused-ring (bicyclic) bond motifs is 1. The SMILES string of the molecule is CCN1C(=O)CCc2cc(CNS(=O)(=O)Cc3cccc(F)c3F)ccc21. The molecule has 27 heavy (non-hydrogen) atoms. The van der Waals surface area contributed by atoms with Crippen LogP contribution in [0.15, 0.2) is 36.4 Å². The highest BCUT2D eigenvalue weighted by Gasteiger charge is 2.23. The first-order valence-electron chi connectivity index (χ1n) is 8.63. The van der Waals surface area contributed by atoms with Gasteiger partial charge >= 0.3 is 0 Å². The third-order valence-corrected chi connectivity index (χ3v) is 5.81. The Labute approximate surface area is 157 Å². The summed E-state index contributed by atoms with van der Waals surface area (Å²) in [6.07, 6.45) is 1.04. The second-order valence-electron chi connectivity index (χ2n) is 6.39. The van der Waals surface area contributed by atoms with Crippen molar-refractivity contribution in [3.63, 3.8) is 0 Å². The number of rotatable bonds is 6. The topological polar surface area (TPSA) is 66.5 Å². The molecule has 1 heterocycles. The second-order valence-corrected chi connectivity index (χ2v) is 8.20. The lowest BCUT2D eigenvalue weighted by Gasteiger charge is -2.28. The number of nitrogens with zero attached hydrogens (tertiary/aromatic N) is 1. The van der Waals surface area contributed by atoms with Crippen LogP contribution in [0.25, 0.3) is 0 Å². The van der Waals surface area contributed by atoms with Crippen molar-refractivity contribution >= 4 is 21.6 Å². The molecular weight excluding hydrogens is 374 g/mol. The van der Waals surface area contributed by atoms with Gasteiger partial charge in [-0.05, 0) is 36.6 Å². The molecular formula is C19H20F2N2O3S. The highest BCUT2D eigenvalue weighted by atomic mass is 32.2. The standard InChI is InChI=1S/C19H20F2N2O3S/c1-2-23-17-8-6-13(10-14(17)7-9-18(23)24)11-22-27(25,26)12-15-4-3-5-16(20)19(15)21/h3-6,8,10,22H,2,7,9,11-12H2,1H3. The number of aryl methyl sites for hydroxylation is 1. The Hall–Kier alpha value is -2.32. The molecule has 1 aliphatic heterocycles. The maximum Gasteiger partial charge on any atom is 0.227 e. The van der Waals surface area contributed by atoms with Crippen molar-refractivity contribution in [3.05, 3.63) is 64.7 Å². The molecule has 144 valence electrons. The normalized spacial score (nSPS) is 14.3. The fourth-order valence-corrected chi connectivity index (χ4v) is 4.30. The Bertz CT molecular complexity index is 977. The molecule has 2 aromatic carbocycles. The van der Waals surface area contributed by atoms with Gasteiger partial charge in [0.15, 0.2) is 11.6 Å². The highest BCUT2D eigenvalue weighted by molar-refractivity contribution is 7.88. The van der Waals surface area contributed by atoms with E-state index in [1.54, 1.807) is 11.0 Å². The first-order chi connectivity index (χ1) is 12.8. The van der Waals surface area contributed by atoms with Crippen molar-refractivity contribution in [3.8, 4) is 0 Å². The van der Waals surface area contributed by atoms with Gasteiger partial charge in [-0.15, -0.1) is 0 Å². The third-order valence-electron chi connectivity index (χ3n) is 4.53. The monoisotopic (exact) mass is 394 g/mol. The second kappa shape index (κ2) is 7.74. The van der Waals surface area contributed by atoms with E-state index < -0.39 is 27.4 Å². The lowest BCUT2D eigenvalue weighted by Crippen LogP contribution is -2.34. The van der Waals surface area contributed by atoms with E-state index >= 15 is 0 Å². The van der Waals surface area contributed by atoms with Gasteiger partial charge < -0.3 is 4.90 Å². The highest BCUT2D eigenvalue weighted by Crippen LogP contribution is 2.28. The predicted molar refractivity (Wildman–Crippen MR) is 98.6 cm³/mol. The van der Waals surface area contributed by atoms with Crippen molar-refractivity contribution in [2.24, 2.45) is 0 Å². The molecule has 0 saturated heterocycles. The molecule has 3 rings (SSSR count). The van der Waals surface area contributed by atoms with E-state index in [1.165, 1.54) is 12.1 Å². The first-order valence-corrected chi connectivity index (χ1v) is 10.3. The maximum atomic E-state index is 13.7. The molecule has 2 aromatic rings. The molecule has 0 bridgehead atoms. The fourth-order valence-electron chi connectivity index (χ4n) is 3.18. The number of amides is 1. The average molecular weight is 394 g/mol. The number of benzene rings is 2. The summed E-state index contributed by atoms with van der Waals surface area (Å²) in [5.74, 6) is -2.79. The van der Waals surface area contributed by atoms with Gasteiger partial charge in [-0.25, -0.2) is 21.9 Å². The molecule has 1 amide bonds. The number of anilines is 1. The number of sulfonamides is 1. The Kier molecular flexibility index (Phi) is 5.57. The molecule has 0 unspecified atom stereocenters.